The molecule has 1 radical (unpaired) electrons. The largest absolute Gasteiger partial charge is 0.199 e. The predicted molar refractivity (Wildman–Crippen MR) is 72.4 cm³/mol. The molecule has 2 aromatic carbocycles. The second-order valence-corrected chi connectivity index (χ2v) is 4.71. The molecule has 5 heteroatoms. The lowest BCUT2D eigenvalue weighted by molar-refractivity contribution is 0.517. The first kappa shape index (κ1) is 11.1. The first-order valence-corrected chi connectivity index (χ1v) is 6.54. The molecule has 2 aromatic rings. The summed E-state index contributed by atoms with van der Waals surface area (Å²) >= 11 is -1.49. The lowest BCUT2D eigenvalue weighted by Crippen LogP contribution is -2.13. The van der Waals surface area contributed by atoms with Crippen molar-refractivity contribution < 1.29 is 4.55 Å². The molecule has 0 fully saturated rings. The lowest BCUT2D eigenvalue weighted by Gasteiger charge is -2.10. The molecule has 1 atom stereocenters. The normalized spacial score (nSPS) is 18.4. The highest BCUT2D eigenvalue weighted by molar-refractivity contribution is 7.83. The van der Waals surface area contributed by atoms with Crippen molar-refractivity contribution in [3.05, 3.63) is 66.2 Å². The van der Waals surface area contributed by atoms with Crippen molar-refractivity contribution in [1.29, 1.82) is 0 Å². The van der Waals surface area contributed by atoms with Gasteiger partial charge in [0.2, 0.25) is 0 Å². The standard InChI is InChI=1S/C13H10N3OS/c17-18-15-13(11-7-3-1-4-8-11)14-16(18)12-9-5-2-6-10-12/h1-10H/i14+1,15+1. The fraction of sp³-hybridized carbons (Fsp3) is 0. The molecule has 0 aromatic heterocycles. The van der Waals surface area contributed by atoms with E-state index in [-0.39, 0.29) is 0 Å². The third kappa shape index (κ3) is 2.05. The Bertz CT molecular complexity index is 611. The molecule has 0 spiro atoms. The van der Waals surface area contributed by atoms with E-state index in [9.17, 15) is 4.55 Å². The van der Waals surface area contributed by atoms with Gasteiger partial charge in [-0.25, -0.2) is 0 Å². The minimum Gasteiger partial charge on any atom is -0.169 e. The molecular weight excluding hydrogens is 248 g/mol. The molecule has 0 saturated carbocycles. The van der Waals surface area contributed by atoms with Crippen LogP contribution in [0.3, 0.4) is 0 Å². The Labute approximate surface area is 108 Å². The van der Waals surface area contributed by atoms with Crippen molar-refractivity contribution in [3.8, 4) is 0 Å². The predicted octanol–water partition coefficient (Wildman–Crippen LogP) is 2.93. The van der Waals surface area contributed by atoms with Gasteiger partial charge >= 0.3 is 0 Å². The smallest absolute Gasteiger partial charge is 0.169 e. The van der Waals surface area contributed by atoms with E-state index in [0.717, 1.165) is 11.3 Å². The highest BCUT2D eigenvalue weighted by atomic mass is 32.2. The van der Waals surface area contributed by atoms with Crippen LogP contribution in [0.2, 0.25) is 0 Å². The van der Waals surface area contributed by atoms with Crippen LogP contribution in [0.15, 0.2) is 70.1 Å². The summed E-state index contributed by atoms with van der Waals surface area (Å²) in [4.78, 5) is 0. The van der Waals surface area contributed by atoms with Gasteiger partial charge in [-0.1, -0.05) is 48.5 Å². The van der Waals surface area contributed by atoms with Crippen LogP contribution in [-0.4, -0.2) is 5.84 Å². The highest BCUT2D eigenvalue weighted by Gasteiger charge is 2.20. The zero-order valence-corrected chi connectivity index (χ0v) is 10.2. The molecule has 89 valence electrons. The maximum atomic E-state index is 11.9. The Balaban J connectivity index is 1.97. The number of benzene rings is 2. The molecule has 1 aliphatic rings. The van der Waals surface area contributed by atoms with Gasteiger partial charge < -0.3 is 0 Å². The molecule has 18 heavy (non-hydrogen) atoms. The van der Waals surface area contributed by atoms with Crippen LogP contribution in [-0.2, 0) is 15.7 Å². The maximum Gasteiger partial charge on any atom is 0.199 e. The Morgan fingerprint density at radius 3 is 2.17 bits per heavy atom. The van der Waals surface area contributed by atoms with Crippen molar-refractivity contribution in [2.24, 2.45) is 9.46 Å². The van der Waals surface area contributed by atoms with E-state index in [1.807, 2.05) is 60.7 Å². The molecule has 0 saturated heterocycles. The summed E-state index contributed by atoms with van der Waals surface area (Å²) in [6.07, 6.45) is 0. The zero-order chi connectivity index (χ0) is 12.4. The summed E-state index contributed by atoms with van der Waals surface area (Å²) < 4.78 is 17.4. The second kappa shape index (κ2) is 4.72. The number of anilines is 1. The topological polar surface area (TPSA) is 47.9 Å². The summed E-state index contributed by atoms with van der Waals surface area (Å²) in [7, 11) is 0. The summed E-state index contributed by atoms with van der Waals surface area (Å²) in [5, 5.41) is 4.29. The molecule has 3 rings (SSSR count). The van der Waals surface area contributed by atoms with Gasteiger partial charge in [-0.15, -0.1) is 9.65 Å². The van der Waals surface area contributed by atoms with Crippen LogP contribution in [0.4, 0.5) is 5.69 Å². The molecule has 1 aliphatic heterocycles. The summed E-state index contributed by atoms with van der Waals surface area (Å²) in [5.74, 6) is 0.498. The van der Waals surface area contributed by atoms with E-state index in [4.69, 9.17) is 0 Å². The van der Waals surface area contributed by atoms with Crippen LogP contribution < -0.4 is 4.41 Å². The van der Waals surface area contributed by atoms with Gasteiger partial charge in [-0.05, 0) is 12.1 Å². The van der Waals surface area contributed by atoms with E-state index in [2.05, 4.69) is 9.46 Å². The number of amidine groups is 1. The Hall–Kier alpha value is -1.98. The van der Waals surface area contributed by atoms with E-state index in [1.165, 1.54) is 4.41 Å². The molecule has 0 amide bonds. The molecule has 0 N–H and O–H groups in total. The number of hydrazone groups is 1. The minimum atomic E-state index is -1.49. The van der Waals surface area contributed by atoms with Crippen molar-refractivity contribution in [2.75, 3.05) is 4.41 Å². The number of hydrogen-bond acceptors (Lipinski definition) is 3. The number of rotatable bonds is 2. The summed E-state index contributed by atoms with van der Waals surface area (Å²) in [6, 6.07) is 18.9. The second-order valence-electron chi connectivity index (χ2n) is 3.72. The minimum absolute atomic E-state index is 0.498. The van der Waals surface area contributed by atoms with Crippen molar-refractivity contribution in [2.45, 2.75) is 0 Å². The van der Waals surface area contributed by atoms with Gasteiger partial charge in [0.05, 0.1) is 5.69 Å². The van der Waals surface area contributed by atoms with Gasteiger partial charge in [-0.2, -0.15) is 8.78 Å². The molecular formula is C13H10N3OS. The molecule has 0 aliphatic carbocycles. The van der Waals surface area contributed by atoms with E-state index in [1.54, 1.807) is 0 Å². The summed E-state index contributed by atoms with van der Waals surface area (Å²) in [6.45, 7) is 0. The van der Waals surface area contributed by atoms with E-state index >= 15 is 0 Å². The van der Waals surface area contributed by atoms with Crippen molar-refractivity contribution in [3.63, 3.8) is 0 Å². The molecule has 1 heterocycles. The molecule has 1 unspecified atom stereocenters. The zero-order valence-electron chi connectivity index (χ0n) is 9.43. The third-order valence-electron chi connectivity index (χ3n) is 2.51. The number of nitrogens with zero attached hydrogens (tertiary/aromatic N) is 3. The maximum absolute atomic E-state index is 11.9. The van der Waals surface area contributed by atoms with Crippen LogP contribution in [0, 0.1) is 0 Å². The van der Waals surface area contributed by atoms with Crippen molar-refractivity contribution >= 4 is 22.7 Å². The first-order chi connectivity index (χ1) is 8.84. The quantitative estimate of drug-likeness (QED) is 0.764. The van der Waals surface area contributed by atoms with Crippen LogP contribution in [0.25, 0.3) is 0 Å². The van der Waals surface area contributed by atoms with Gasteiger partial charge in [0, 0.05) is 5.56 Å². The van der Waals surface area contributed by atoms with Crippen LogP contribution in [0.1, 0.15) is 5.56 Å². The Kier molecular flexibility index (Phi) is 2.92. The third-order valence-corrected chi connectivity index (χ3v) is 3.42. The van der Waals surface area contributed by atoms with Crippen LogP contribution >= 0.6 is 0 Å². The molecule has 4 nitrogen and oxygen atoms in total. The average molecular weight is 258 g/mol. The fourth-order valence-electron chi connectivity index (χ4n) is 1.65. The van der Waals surface area contributed by atoms with E-state index in [0.29, 0.717) is 5.84 Å². The van der Waals surface area contributed by atoms with Crippen LogP contribution in [0.5, 0.6) is 0 Å². The van der Waals surface area contributed by atoms with Gasteiger partial charge in [0.1, 0.15) is 0 Å². The monoisotopic (exact) mass is 258 g/mol. The Morgan fingerprint density at radius 1 is 0.889 bits per heavy atom. The number of hydrogen-bond donors (Lipinski definition) is 0. The van der Waals surface area contributed by atoms with Gasteiger partial charge in [0.15, 0.2) is 17.0 Å². The van der Waals surface area contributed by atoms with E-state index < -0.39 is 11.2 Å². The van der Waals surface area contributed by atoms with Gasteiger partial charge in [-0.3, -0.25) is 0 Å². The fourth-order valence-corrected chi connectivity index (χ4v) is 2.47. The van der Waals surface area contributed by atoms with Gasteiger partial charge in [0.25, 0.3) is 0 Å². The molecule has 0 bridgehead atoms. The summed E-state index contributed by atoms with van der Waals surface area (Å²) in [5.41, 5.74) is 1.63. The first-order valence-electron chi connectivity index (χ1n) is 5.47. The Morgan fingerprint density at radius 2 is 1.50 bits per heavy atom. The highest BCUT2D eigenvalue weighted by Crippen LogP contribution is 2.22. The average Bonchev–Trinajstić information content (AvgIpc) is 2.83. The number of para-hydroxylation sites is 1. The lowest BCUT2D eigenvalue weighted by atomic mass is 10.2. The van der Waals surface area contributed by atoms with Crippen molar-refractivity contribution in [1.82, 2.24) is 0 Å². The SMILES string of the molecule is [O]S1=[15N]C(c2ccccc2)=[15N]N1c1ccccc1.